The number of aliphatic hydroxyl groups excluding tert-OH is 2. The SMILES string of the molecule is CCCCCCCCC/C=C\CCCCCCCC(=O)OCCCC/C=C\CCCCCCC(=O)NC(CO)C(O)CCCCCCCCCCC. The van der Waals surface area contributed by atoms with E-state index in [9.17, 15) is 19.8 Å². The number of carbonyl (C=O) groups is 2. The number of carbonyl (C=O) groups excluding carboxylic acids is 2. The van der Waals surface area contributed by atoms with E-state index in [0.717, 1.165) is 77.0 Å². The molecule has 0 spiro atoms. The Bertz CT molecular complexity index is 813. The molecule has 6 heteroatoms. The summed E-state index contributed by atoms with van der Waals surface area (Å²) in [7, 11) is 0. The van der Waals surface area contributed by atoms with Crippen LogP contribution >= 0.6 is 0 Å². The van der Waals surface area contributed by atoms with Gasteiger partial charge < -0.3 is 20.3 Å². The van der Waals surface area contributed by atoms with Crippen LogP contribution in [0.2, 0.25) is 0 Å². The van der Waals surface area contributed by atoms with Crippen molar-refractivity contribution < 1.29 is 24.5 Å². The summed E-state index contributed by atoms with van der Waals surface area (Å²) in [5.74, 6) is -0.120. The normalized spacial score (nSPS) is 12.9. The monoisotopic (exact) mass is 734 g/mol. The standard InChI is InChI=1S/C46H87NO5/c1-3-5-7-9-11-13-14-15-16-17-18-19-24-28-32-36-40-46(51)52-41-37-33-29-25-21-20-23-27-31-35-39-45(50)47-43(42-48)44(49)38-34-30-26-22-12-10-8-6-4-2/h16-17,21,25,43-44,48-49H,3-15,18-20,22-24,26-42H2,1-2H3,(H,47,50)/b17-16-,25-21-. The van der Waals surface area contributed by atoms with Gasteiger partial charge in [0.05, 0.1) is 25.4 Å². The Hall–Kier alpha value is -1.66. The first-order chi connectivity index (χ1) is 25.5. The second-order valence-corrected chi connectivity index (χ2v) is 15.4. The van der Waals surface area contributed by atoms with Crippen LogP contribution in [0.25, 0.3) is 0 Å². The molecule has 2 atom stereocenters. The van der Waals surface area contributed by atoms with Crippen LogP contribution in [0.15, 0.2) is 24.3 Å². The van der Waals surface area contributed by atoms with E-state index in [0.29, 0.717) is 25.9 Å². The molecule has 0 aromatic rings. The third kappa shape index (κ3) is 38.1. The summed E-state index contributed by atoms with van der Waals surface area (Å²) in [4.78, 5) is 24.3. The van der Waals surface area contributed by atoms with Crippen molar-refractivity contribution in [2.24, 2.45) is 0 Å². The highest BCUT2D eigenvalue weighted by Crippen LogP contribution is 2.14. The number of ether oxygens (including phenoxy) is 1. The molecule has 0 bridgehead atoms. The summed E-state index contributed by atoms with van der Waals surface area (Å²) < 4.78 is 5.42. The van der Waals surface area contributed by atoms with Crippen molar-refractivity contribution in [3.05, 3.63) is 24.3 Å². The molecule has 52 heavy (non-hydrogen) atoms. The molecule has 0 heterocycles. The molecule has 3 N–H and O–H groups in total. The number of aliphatic hydroxyl groups is 2. The highest BCUT2D eigenvalue weighted by Gasteiger charge is 2.20. The van der Waals surface area contributed by atoms with Crippen LogP contribution in [-0.2, 0) is 14.3 Å². The Morgan fingerprint density at radius 2 is 0.904 bits per heavy atom. The third-order valence-corrected chi connectivity index (χ3v) is 10.2. The maximum atomic E-state index is 12.3. The molecule has 0 radical (unpaired) electrons. The molecule has 0 rings (SSSR count). The fourth-order valence-electron chi connectivity index (χ4n) is 6.68. The number of amides is 1. The summed E-state index contributed by atoms with van der Waals surface area (Å²) >= 11 is 0. The lowest BCUT2D eigenvalue weighted by molar-refractivity contribution is -0.143. The first-order valence-electron chi connectivity index (χ1n) is 22.6. The van der Waals surface area contributed by atoms with Crippen molar-refractivity contribution in [2.45, 2.75) is 244 Å². The zero-order chi connectivity index (χ0) is 38.0. The molecule has 306 valence electrons. The Balaban J connectivity index is 3.52. The number of allylic oxidation sites excluding steroid dienone is 4. The lowest BCUT2D eigenvalue weighted by Crippen LogP contribution is -2.45. The minimum absolute atomic E-state index is 0.0449. The van der Waals surface area contributed by atoms with Crippen LogP contribution < -0.4 is 5.32 Å². The molecule has 0 aliphatic rings. The van der Waals surface area contributed by atoms with Crippen LogP contribution in [-0.4, -0.2) is 47.4 Å². The predicted molar refractivity (Wildman–Crippen MR) is 223 cm³/mol. The summed E-state index contributed by atoms with van der Waals surface area (Å²) in [5, 5.41) is 23.0. The molecular weight excluding hydrogens is 647 g/mol. The molecule has 0 fully saturated rings. The average molecular weight is 734 g/mol. The number of unbranched alkanes of at least 4 members (excludes halogenated alkanes) is 26. The van der Waals surface area contributed by atoms with Crippen molar-refractivity contribution in [2.75, 3.05) is 13.2 Å². The number of nitrogens with one attached hydrogen (secondary N) is 1. The molecule has 0 aromatic heterocycles. The van der Waals surface area contributed by atoms with E-state index in [-0.39, 0.29) is 18.5 Å². The lowest BCUT2D eigenvalue weighted by Gasteiger charge is -2.22. The summed E-state index contributed by atoms with van der Waals surface area (Å²) in [6.45, 7) is 4.82. The van der Waals surface area contributed by atoms with Gasteiger partial charge in [0.15, 0.2) is 0 Å². The van der Waals surface area contributed by atoms with Crippen LogP contribution in [0.5, 0.6) is 0 Å². The largest absolute Gasteiger partial charge is 0.466 e. The second-order valence-electron chi connectivity index (χ2n) is 15.4. The highest BCUT2D eigenvalue weighted by molar-refractivity contribution is 5.76. The highest BCUT2D eigenvalue weighted by atomic mass is 16.5. The van der Waals surface area contributed by atoms with E-state index < -0.39 is 12.1 Å². The first kappa shape index (κ1) is 50.3. The number of esters is 1. The molecule has 0 aliphatic heterocycles. The van der Waals surface area contributed by atoms with Gasteiger partial charge >= 0.3 is 5.97 Å². The van der Waals surface area contributed by atoms with Crippen LogP contribution in [0.3, 0.4) is 0 Å². The van der Waals surface area contributed by atoms with Crippen molar-refractivity contribution >= 4 is 11.9 Å². The number of hydrogen-bond donors (Lipinski definition) is 3. The van der Waals surface area contributed by atoms with Crippen molar-refractivity contribution in [3.8, 4) is 0 Å². The Kier molecular flexibility index (Phi) is 40.7. The molecule has 1 amide bonds. The van der Waals surface area contributed by atoms with Gasteiger partial charge in [0.25, 0.3) is 0 Å². The molecule has 2 unspecified atom stereocenters. The van der Waals surface area contributed by atoms with E-state index in [1.807, 2.05) is 0 Å². The zero-order valence-corrected chi connectivity index (χ0v) is 34.5. The van der Waals surface area contributed by atoms with Crippen LogP contribution in [0, 0.1) is 0 Å². The minimum atomic E-state index is -0.683. The minimum Gasteiger partial charge on any atom is -0.466 e. The average Bonchev–Trinajstić information content (AvgIpc) is 3.14. The topological polar surface area (TPSA) is 95.9 Å². The quantitative estimate of drug-likeness (QED) is 0.0330. The van der Waals surface area contributed by atoms with E-state index in [2.05, 4.69) is 43.5 Å². The maximum absolute atomic E-state index is 12.3. The van der Waals surface area contributed by atoms with Crippen molar-refractivity contribution in [1.82, 2.24) is 5.32 Å². The smallest absolute Gasteiger partial charge is 0.305 e. The van der Waals surface area contributed by atoms with E-state index in [1.165, 1.54) is 122 Å². The predicted octanol–water partition coefficient (Wildman–Crippen LogP) is 12.8. The number of rotatable bonds is 41. The Morgan fingerprint density at radius 1 is 0.519 bits per heavy atom. The zero-order valence-electron chi connectivity index (χ0n) is 34.5. The van der Waals surface area contributed by atoms with E-state index in [1.54, 1.807) is 0 Å². The Labute approximate surface area is 322 Å². The van der Waals surface area contributed by atoms with E-state index in [4.69, 9.17) is 4.74 Å². The molecule has 6 nitrogen and oxygen atoms in total. The molecular formula is C46H87NO5. The van der Waals surface area contributed by atoms with Gasteiger partial charge in [-0.15, -0.1) is 0 Å². The van der Waals surface area contributed by atoms with Gasteiger partial charge in [-0.1, -0.05) is 167 Å². The molecule has 0 aliphatic carbocycles. The molecule has 0 saturated carbocycles. The van der Waals surface area contributed by atoms with E-state index >= 15 is 0 Å². The summed E-state index contributed by atoms with van der Waals surface area (Å²) in [6, 6.07) is -0.564. The van der Waals surface area contributed by atoms with Gasteiger partial charge in [-0.05, 0) is 77.0 Å². The van der Waals surface area contributed by atoms with Gasteiger partial charge in [0.1, 0.15) is 0 Å². The third-order valence-electron chi connectivity index (χ3n) is 10.2. The maximum Gasteiger partial charge on any atom is 0.305 e. The van der Waals surface area contributed by atoms with Crippen LogP contribution in [0.4, 0.5) is 0 Å². The lowest BCUT2D eigenvalue weighted by atomic mass is 10.0. The second kappa shape index (κ2) is 42.1. The van der Waals surface area contributed by atoms with Gasteiger partial charge in [0.2, 0.25) is 5.91 Å². The molecule has 0 aromatic carbocycles. The first-order valence-corrected chi connectivity index (χ1v) is 22.6. The molecule has 0 saturated heterocycles. The van der Waals surface area contributed by atoms with Gasteiger partial charge in [0, 0.05) is 12.8 Å². The summed E-state index contributed by atoms with van der Waals surface area (Å²) in [5.41, 5.74) is 0. The van der Waals surface area contributed by atoms with Gasteiger partial charge in [-0.25, -0.2) is 0 Å². The van der Waals surface area contributed by atoms with Gasteiger partial charge in [-0.3, -0.25) is 9.59 Å². The van der Waals surface area contributed by atoms with Crippen molar-refractivity contribution in [3.63, 3.8) is 0 Å². The Morgan fingerprint density at radius 3 is 1.37 bits per heavy atom. The van der Waals surface area contributed by atoms with Crippen molar-refractivity contribution in [1.29, 1.82) is 0 Å². The summed E-state index contributed by atoms with van der Waals surface area (Å²) in [6.07, 6.45) is 47.1. The van der Waals surface area contributed by atoms with Crippen LogP contribution in [0.1, 0.15) is 232 Å². The van der Waals surface area contributed by atoms with Gasteiger partial charge in [-0.2, -0.15) is 0 Å². The fourth-order valence-corrected chi connectivity index (χ4v) is 6.68. The fraction of sp³-hybridized carbons (Fsp3) is 0.870. The number of hydrogen-bond acceptors (Lipinski definition) is 5.